The van der Waals surface area contributed by atoms with Gasteiger partial charge in [0.15, 0.2) is 0 Å². The van der Waals surface area contributed by atoms with E-state index in [0.29, 0.717) is 17.1 Å². The van der Waals surface area contributed by atoms with E-state index in [0.717, 1.165) is 43.1 Å². The minimum absolute atomic E-state index is 0.489. The molecule has 0 radical (unpaired) electrons. The molecule has 0 saturated carbocycles. The smallest absolute Gasteiger partial charge is 0.416 e. The molecule has 24 heavy (non-hydrogen) atoms. The lowest BCUT2D eigenvalue weighted by atomic mass is 9.86. The quantitative estimate of drug-likeness (QED) is 0.626. The molecule has 1 N–H and O–H groups in total. The maximum atomic E-state index is 13.2. The Morgan fingerprint density at radius 3 is 2.33 bits per heavy atom. The Hall–Kier alpha value is -2.27. The van der Waals surface area contributed by atoms with Crippen LogP contribution >= 0.6 is 0 Å². The maximum Gasteiger partial charge on any atom is 0.416 e. The van der Waals surface area contributed by atoms with Gasteiger partial charge in [-0.3, -0.25) is 0 Å². The van der Waals surface area contributed by atoms with Crippen LogP contribution in [0.2, 0.25) is 0 Å². The summed E-state index contributed by atoms with van der Waals surface area (Å²) in [7, 11) is 0. The van der Waals surface area contributed by atoms with Crippen LogP contribution in [0.15, 0.2) is 48.0 Å². The highest BCUT2D eigenvalue weighted by Gasteiger charge is 2.33. The minimum Gasteiger partial charge on any atom is -0.456 e. The maximum absolute atomic E-state index is 13.2. The van der Waals surface area contributed by atoms with E-state index in [-0.39, 0.29) is 0 Å². The van der Waals surface area contributed by atoms with Crippen molar-refractivity contribution in [2.75, 3.05) is 13.1 Å². The van der Waals surface area contributed by atoms with Gasteiger partial charge in [0.25, 0.3) is 0 Å². The van der Waals surface area contributed by atoms with Gasteiger partial charge in [0.2, 0.25) is 0 Å². The van der Waals surface area contributed by atoms with Crippen LogP contribution in [-0.2, 0) is 6.18 Å². The van der Waals surface area contributed by atoms with E-state index in [1.54, 1.807) is 0 Å². The molecule has 2 aliphatic rings. The second-order valence-corrected chi connectivity index (χ2v) is 6.04. The van der Waals surface area contributed by atoms with Crippen LogP contribution in [0.25, 0.3) is 5.57 Å². The average molecular weight is 331 g/mol. The zero-order valence-corrected chi connectivity index (χ0v) is 12.9. The van der Waals surface area contributed by atoms with Crippen molar-refractivity contribution < 1.29 is 17.9 Å². The van der Waals surface area contributed by atoms with E-state index in [2.05, 4.69) is 5.32 Å². The predicted molar refractivity (Wildman–Crippen MR) is 86.1 cm³/mol. The first-order valence-electron chi connectivity index (χ1n) is 7.95. The number of halogens is 3. The fourth-order valence-corrected chi connectivity index (χ4v) is 3.38. The fraction of sp³-hybridized carbons (Fsp3) is 0.263. The van der Waals surface area contributed by atoms with E-state index in [1.807, 2.05) is 24.3 Å². The number of alkyl halides is 3. The summed E-state index contributed by atoms with van der Waals surface area (Å²) in [6.45, 7) is 1.69. The number of para-hydroxylation sites is 1. The summed E-state index contributed by atoms with van der Waals surface area (Å²) in [5, 5.41) is 3.29. The van der Waals surface area contributed by atoms with Gasteiger partial charge in [0, 0.05) is 11.1 Å². The minimum atomic E-state index is -4.37. The van der Waals surface area contributed by atoms with Gasteiger partial charge in [0.1, 0.15) is 11.5 Å². The van der Waals surface area contributed by atoms with Crippen LogP contribution in [0.3, 0.4) is 0 Å². The molecule has 0 unspecified atom stereocenters. The molecular formula is C19H16F3NO. The summed E-state index contributed by atoms with van der Waals surface area (Å²) in [6.07, 6.45) is -2.70. The molecular weight excluding hydrogens is 315 g/mol. The Bertz CT molecular complexity index is 816. The summed E-state index contributed by atoms with van der Waals surface area (Å²) in [6, 6.07) is 11.3. The van der Waals surface area contributed by atoms with Gasteiger partial charge >= 0.3 is 6.18 Å². The molecule has 2 aliphatic heterocycles. The first kappa shape index (κ1) is 15.3. The number of piperidine rings is 1. The SMILES string of the molecule is FC(F)(F)c1ccc2c(c1)C(=C1CCNCC1)c1ccccc1O2. The molecule has 0 bridgehead atoms. The highest BCUT2D eigenvalue weighted by molar-refractivity contribution is 5.90. The van der Waals surface area contributed by atoms with Gasteiger partial charge < -0.3 is 10.1 Å². The van der Waals surface area contributed by atoms with Crippen LogP contribution in [0.1, 0.15) is 29.5 Å². The highest BCUT2D eigenvalue weighted by atomic mass is 19.4. The van der Waals surface area contributed by atoms with Crippen molar-refractivity contribution in [3.05, 3.63) is 64.7 Å². The van der Waals surface area contributed by atoms with Crippen molar-refractivity contribution in [1.82, 2.24) is 5.32 Å². The number of nitrogens with one attached hydrogen (secondary N) is 1. The molecule has 2 aromatic carbocycles. The standard InChI is InChI=1S/C19H16F3NO/c20-19(21,22)13-5-6-17-15(11-13)18(12-7-9-23-10-8-12)14-3-1-2-4-16(14)24-17/h1-6,11,23H,7-10H2. The van der Waals surface area contributed by atoms with Crippen LogP contribution in [0, 0.1) is 0 Å². The van der Waals surface area contributed by atoms with Crippen molar-refractivity contribution in [1.29, 1.82) is 0 Å². The Labute approximate surface area is 138 Å². The Morgan fingerprint density at radius 1 is 0.875 bits per heavy atom. The summed E-state index contributed by atoms with van der Waals surface area (Å²) in [5.74, 6) is 1.19. The number of hydrogen-bond acceptors (Lipinski definition) is 2. The van der Waals surface area contributed by atoms with Crippen LogP contribution < -0.4 is 10.1 Å². The van der Waals surface area contributed by atoms with Gasteiger partial charge in [-0.05, 0) is 55.8 Å². The van der Waals surface area contributed by atoms with Crippen LogP contribution in [0.4, 0.5) is 13.2 Å². The van der Waals surface area contributed by atoms with Crippen molar-refractivity contribution in [2.45, 2.75) is 19.0 Å². The molecule has 0 aromatic heterocycles. The lowest BCUT2D eigenvalue weighted by Gasteiger charge is -2.28. The van der Waals surface area contributed by atoms with Crippen molar-refractivity contribution in [3.63, 3.8) is 0 Å². The third kappa shape index (κ3) is 2.59. The van der Waals surface area contributed by atoms with E-state index in [1.165, 1.54) is 17.7 Å². The molecule has 124 valence electrons. The second-order valence-electron chi connectivity index (χ2n) is 6.04. The van der Waals surface area contributed by atoms with Gasteiger partial charge in [-0.25, -0.2) is 0 Å². The monoisotopic (exact) mass is 331 g/mol. The van der Waals surface area contributed by atoms with Crippen molar-refractivity contribution in [3.8, 4) is 11.5 Å². The fourth-order valence-electron chi connectivity index (χ4n) is 3.38. The molecule has 2 nitrogen and oxygen atoms in total. The molecule has 2 heterocycles. The molecule has 0 aliphatic carbocycles. The Kier molecular flexibility index (Phi) is 3.61. The lowest BCUT2D eigenvalue weighted by Crippen LogP contribution is -2.24. The number of hydrogen-bond donors (Lipinski definition) is 1. The van der Waals surface area contributed by atoms with E-state index in [9.17, 15) is 13.2 Å². The average Bonchev–Trinajstić information content (AvgIpc) is 2.59. The van der Waals surface area contributed by atoms with E-state index in [4.69, 9.17) is 4.74 Å². The number of rotatable bonds is 0. The first-order valence-corrected chi connectivity index (χ1v) is 7.95. The largest absolute Gasteiger partial charge is 0.456 e. The molecule has 1 saturated heterocycles. The normalized spacial score (nSPS) is 17.1. The molecule has 0 atom stereocenters. The van der Waals surface area contributed by atoms with Crippen molar-refractivity contribution >= 4 is 5.57 Å². The first-order chi connectivity index (χ1) is 11.5. The molecule has 5 heteroatoms. The third-order valence-corrected chi connectivity index (χ3v) is 4.51. The molecule has 0 spiro atoms. The third-order valence-electron chi connectivity index (χ3n) is 4.51. The van der Waals surface area contributed by atoms with Gasteiger partial charge in [-0.15, -0.1) is 0 Å². The summed E-state index contributed by atoms with van der Waals surface area (Å²) >= 11 is 0. The summed E-state index contributed by atoms with van der Waals surface area (Å²) in [5.41, 5.74) is 2.86. The van der Waals surface area contributed by atoms with Crippen LogP contribution in [-0.4, -0.2) is 13.1 Å². The van der Waals surface area contributed by atoms with Gasteiger partial charge in [-0.1, -0.05) is 23.8 Å². The van der Waals surface area contributed by atoms with E-state index < -0.39 is 11.7 Å². The molecule has 1 fully saturated rings. The zero-order valence-electron chi connectivity index (χ0n) is 12.9. The predicted octanol–water partition coefficient (Wildman–Crippen LogP) is 5.00. The molecule has 2 aromatic rings. The number of fused-ring (bicyclic) bond motifs is 2. The van der Waals surface area contributed by atoms with E-state index >= 15 is 0 Å². The number of ether oxygens (including phenoxy) is 1. The topological polar surface area (TPSA) is 21.3 Å². The second kappa shape index (κ2) is 5.67. The lowest BCUT2D eigenvalue weighted by molar-refractivity contribution is -0.137. The Balaban J connectivity index is 1.95. The van der Waals surface area contributed by atoms with Gasteiger partial charge in [0.05, 0.1) is 5.56 Å². The van der Waals surface area contributed by atoms with Crippen LogP contribution in [0.5, 0.6) is 11.5 Å². The zero-order chi connectivity index (χ0) is 16.7. The Morgan fingerprint density at radius 2 is 1.58 bits per heavy atom. The molecule has 0 amide bonds. The summed E-state index contributed by atoms with van der Waals surface area (Å²) in [4.78, 5) is 0. The van der Waals surface area contributed by atoms with Crippen molar-refractivity contribution in [2.24, 2.45) is 0 Å². The highest BCUT2D eigenvalue weighted by Crippen LogP contribution is 2.47. The van der Waals surface area contributed by atoms with Gasteiger partial charge in [-0.2, -0.15) is 13.2 Å². The number of benzene rings is 2. The molecule has 4 rings (SSSR count). The summed E-state index contributed by atoms with van der Waals surface area (Å²) < 4.78 is 45.3.